The standard InChI is InChI=1S/C21H21FN4O/c22-17-5-7-18(8-6-17)24-19-2-1-12-25(14-19)21(27)16-3-9-20(10-4-16)26-13-11-23-15-26/h3-11,13,15,19,24H,1-2,12,14H2/t19-/m1/s1. The predicted octanol–water partition coefficient (Wildman–Crippen LogP) is 3.73. The average Bonchev–Trinajstić information content (AvgIpc) is 3.24. The summed E-state index contributed by atoms with van der Waals surface area (Å²) in [6, 6.07) is 14.1. The van der Waals surface area contributed by atoms with Crippen LogP contribution in [0.4, 0.5) is 10.1 Å². The lowest BCUT2D eigenvalue weighted by molar-refractivity contribution is 0.0715. The number of rotatable bonds is 4. The highest BCUT2D eigenvalue weighted by molar-refractivity contribution is 5.94. The fourth-order valence-electron chi connectivity index (χ4n) is 3.43. The van der Waals surface area contributed by atoms with Gasteiger partial charge in [0.2, 0.25) is 0 Å². The molecule has 0 aliphatic carbocycles. The van der Waals surface area contributed by atoms with E-state index in [1.807, 2.05) is 39.9 Å². The molecule has 0 saturated carbocycles. The van der Waals surface area contributed by atoms with Gasteiger partial charge in [-0.1, -0.05) is 0 Å². The van der Waals surface area contributed by atoms with Crippen LogP contribution in [0.3, 0.4) is 0 Å². The van der Waals surface area contributed by atoms with Crippen LogP contribution in [0.1, 0.15) is 23.2 Å². The molecule has 1 fully saturated rings. The highest BCUT2D eigenvalue weighted by Gasteiger charge is 2.24. The molecule has 2 aromatic carbocycles. The summed E-state index contributed by atoms with van der Waals surface area (Å²) in [5.74, 6) is -0.210. The van der Waals surface area contributed by atoms with E-state index in [1.165, 1.54) is 12.1 Å². The van der Waals surface area contributed by atoms with Crippen molar-refractivity contribution in [3.63, 3.8) is 0 Å². The number of nitrogens with one attached hydrogen (secondary N) is 1. The first kappa shape index (κ1) is 17.3. The van der Waals surface area contributed by atoms with Crippen LogP contribution in [-0.4, -0.2) is 39.5 Å². The van der Waals surface area contributed by atoms with Gasteiger partial charge in [0.05, 0.1) is 6.33 Å². The van der Waals surface area contributed by atoms with E-state index in [0.717, 1.165) is 30.8 Å². The van der Waals surface area contributed by atoms with Gasteiger partial charge in [0.1, 0.15) is 5.82 Å². The van der Waals surface area contributed by atoms with Crippen LogP contribution in [0.25, 0.3) is 5.69 Å². The van der Waals surface area contributed by atoms with E-state index in [9.17, 15) is 9.18 Å². The number of benzene rings is 2. The minimum Gasteiger partial charge on any atom is -0.381 e. The zero-order valence-corrected chi connectivity index (χ0v) is 14.9. The van der Waals surface area contributed by atoms with Crippen molar-refractivity contribution >= 4 is 11.6 Å². The zero-order chi connectivity index (χ0) is 18.6. The Morgan fingerprint density at radius 3 is 2.59 bits per heavy atom. The smallest absolute Gasteiger partial charge is 0.253 e. The van der Waals surface area contributed by atoms with Gasteiger partial charge < -0.3 is 14.8 Å². The lowest BCUT2D eigenvalue weighted by Gasteiger charge is -2.33. The van der Waals surface area contributed by atoms with E-state index in [1.54, 1.807) is 24.7 Å². The highest BCUT2D eigenvalue weighted by atomic mass is 19.1. The van der Waals surface area contributed by atoms with Gasteiger partial charge in [0.25, 0.3) is 5.91 Å². The molecule has 0 bridgehead atoms. The van der Waals surface area contributed by atoms with Gasteiger partial charge in [-0.05, 0) is 61.4 Å². The third kappa shape index (κ3) is 4.00. The Morgan fingerprint density at radius 2 is 1.89 bits per heavy atom. The topological polar surface area (TPSA) is 50.2 Å². The number of carbonyl (C=O) groups excluding carboxylic acids is 1. The Bertz CT molecular complexity index is 891. The molecule has 1 amide bonds. The van der Waals surface area contributed by atoms with Crippen molar-refractivity contribution < 1.29 is 9.18 Å². The summed E-state index contributed by atoms with van der Waals surface area (Å²) in [6.45, 7) is 1.39. The van der Waals surface area contributed by atoms with Crippen LogP contribution in [0.2, 0.25) is 0 Å². The van der Waals surface area contributed by atoms with Crippen LogP contribution in [0.15, 0.2) is 67.3 Å². The molecule has 138 valence electrons. The van der Waals surface area contributed by atoms with Gasteiger partial charge in [-0.15, -0.1) is 0 Å². The number of aromatic nitrogens is 2. The van der Waals surface area contributed by atoms with E-state index < -0.39 is 0 Å². The number of hydrogen-bond donors (Lipinski definition) is 1. The molecule has 5 nitrogen and oxygen atoms in total. The maximum atomic E-state index is 13.1. The molecule has 3 aromatic rings. The Balaban J connectivity index is 1.41. The molecule has 1 aliphatic heterocycles. The molecule has 1 aliphatic rings. The highest BCUT2D eigenvalue weighted by Crippen LogP contribution is 2.19. The van der Waals surface area contributed by atoms with Crippen LogP contribution in [0, 0.1) is 5.82 Å². The second kappa shape index (κ2) is 7.61. The predicted molar refractivity (Wildman–Crippen MR) is 103 cm³/mol. The maximum Gasteiger partial charge on any atom is 0.253 e. The van der Waals surface area contributed by atoms with Crippen LogP contribution < -0.4 is 5.32 Å². The second-order valence-electron chi connectivity index (χ2n) is 6.76. The van der Waals surface area contributed by atoms with E-state index in [4.69, 9.17) is 0 Å². The molecule has 1 aromatic heterocycles. The summed E-state index contributed by atoms with van der Waals surface area (Å²) < 4.78 is 15.0. The molecule has 0 unspecified atom stereocenters. The van der Waals surface area contributed by atoms with Crippen LogP contribution in [0.5, 0.6) is 0 Å². The largest absolute Gasteiger partial charge is 0.381 e. The number of hydrogen-bond acceptors (Lipinski definition) is 3. The minimum absolute atomic E-state index is 0.0396. The van der Waals surface area contributed by atoms with Gasteiger partial charge in [-0.2, -0.15) is 0 Å². The van der Waals surface area contributed by atoms with Crippen molar-refractivity contribution in [2.45, 2.75) is 18.9 Å². The van der Waals surface area contributed by atoms with Crippen molar-refractivity contribution in [1.29, 1.82) is 0 Å². The molecule has 0 radical (unpaired) electrons. The quantitative estimate of drug-likeness (QED) is 0.767. The molecule has 0 spiro atoms. The number of piperidine rings is 1. The summed E-state index contributed by atoms with van der Waals surface area (Å²) in [5, 5.41) is 3.40. The summed E-state index contributed by atoms with van der Waals surface area (Å²) in [7, 11) is 0. The average molecular weight is 364 g/mol. The minimum atomic E-state index is -0.250. The maximum absolute atomic E-state index is 13.1. The fraction of sp³-hybridized carbons (Fsp3) is 0.238. The molecule has 27 heavy (non-hydrogen) atoms. The SMILES string of the molecule is O=C(c1ccc(-n2ccnc2)cc1)N1CCC[C@@H](Nc2ccc(F)cc2)C1. The summed E-state index contributed by atoms with van der Waals surface area (Å²) in [5.41, 5.74) is 2.53. The first-order valence-corrected chi connectivity index (χ1v) is 9.09. The molecule has 2 heterocycles. The molecule has 4 rings (SSSR count). The number of halogens is 1. The number of nitrogens with zero attached hydrogens (tertiary/aromatic N) is 3. The second-order valence-corrected chi connectivity index (χ2v) is 6.76. The third-order valence-electron chi connectivity index (χ3n) is 4.84. The summed E-state index contributed by atoms with van der Waals surface area (Å²) >= 11 is 0. The third-order valence-corrected chi connectivity index (χ3v) is 4.84. The van der Waals surface area contributed by atoms with Crippen LogP contribution >= 0.6 is 0 Å². The molecule has 1 saturated heterocycles. The first-order chi connectivity index (χ1) is 13.2. The van der Waals surface area contributed by atoms with Gasteiger partial charge in [-0.3, -0.25) is 4.79 Å². The molecular weight excluding hydrogens is 343 g/mol. The Morgan fingerprint density at radius 1 is 1.11 bits per heavy atom. The monoisotopic (exact) mass is 364 g/mol. The molecule has 1 N–H and O–H groups in total. The Hall–Kier alpha value is -3.15. The summed E-state index contributed by atoms with van der Waals surface area (Å²) in [6.07, 6.45) is 7.25. The Labute approximate surface area is 157 Å². The van der Waals surface area contributed by atoms with Crippen molar-refractivity contribution in [2.75, 3.05) is 18.4 Å². The number of carbonyl (C=O) groups is 1. The van der Waals surface area contributed by atoms with Gasteiger partial charge >= 0.3 is 0 Å². The first-order valence-electron chi connectivity index (χ1n) is 9.09. The number of imidazole rings is 1. The zero-order valence-electron chi connectivity index (χ0n) is 14.9. The number of amides is 1. The lowest BCUT2D eigenvalue weighted by atomic mass is 10.0. The normalized spacial score (nSPS) is 16.9. The van der Waals surface area contributed by atoms with Crippen molar-refractivity contribution in [2.24, 2.45) is 0 Å². The molecular formula is C21H21FN4O. The van der Waals surface area contributed by atoms with Crippen molar-refractivity contribution in [3.8, 4) is 5.69 Å². The van der Waals surface area contributed by atoms with Crippen LogP contribution in [-0.2, 0) is 0 Å². The molecule has 6 heteroatoms. The lowest BCUT2D eigenvalue weighted by Crippen LogP contribution is -2.45. The number of anilines is 1. The van der Waals surface area contributed by atoms with E-state index in [2.05, 4.69) is 10.3 Å². The number of likely N-dealkylation sites (tertiary alicyclic amines) is 1. The van der Waals surface area contributed by atoms with Gasteiger partial charge in [0, 0.05) is 48.5 Å². The van der Waals surface area contributed by atoms with E-state index in [-0.39, 0.29) is 17.8 Å². The Kier molecular flexibility index (Phi) is 4.87. The van der Waals surface area contributed by atoms with Crippen molar-refractivity contribution in [1.82, 2.24) is 14.5 Å². The van der Waals surface area contributed by atoms with E-state index in [0.29, 0.717) is 12.1 Å². The van der Waals surface area contributed by atoms with Gasteiger partial charge in [-0.25, -0.2) is 9.37 Å². The van der Waals surface area contributed by atoms with Gasteiger partial charge in [0.15, 0.2) is 0 Å². The fourth-order valence-corrected chi connectivity index (χ4v) is 3.43. The molecule has 1 atom stereocenters. The van der Waals surface area contributed by atoms with E-state index >= 15 is 0 Å². The van der Waals surface area contributed by atoms with Crippen molar-refractivity contribution in [3.05, 3.63) is 78.6 Å². The summed E-state index contributed by atoms with van der Waals surface area (Å²) in [4.78, 5) is 18.8.